The van der Waals surface area contributed by atoms with Crippen molar-refractivity contribution in [3.05, 3.63) is 35.4 Å². The van der Waals surface area contributed by atoms with Crippen molar-refractivity contribution >= 4 is 6.08 Å². The Hall–Kier alpha value is -1.28. The summed E-state index contributed by atoms with van der Waals surface area (Å²) in [4.78, 5) is 0. The Morgan fingerprint density at radius 1 is 1.19 bits per heavy atom. The zero-order valence-electron chi connectivity index (χ0n) is 9.41. The molecule has 0 spiro atoms. The first-order valence-electron chi connectivity index (χ1n) is 6.07. The van der Waals surface area contributed by atoms with E-state index in [4.69, 9.17) is 4.74 Å². The molecule has 0 bridgehead atoms. The Labute approximate surface area is 96.3 Å². The molecule has 2 heteroatoms. The molecule has 3 rings (SSSR count). The molecular formula is C14H17NO. The summed E-state index contributed by atoms with van der Waals surface area (Å²) in [6.45, 7) is 2.99. The van der Waals surface area contributed by atoms with E-state index in [0.29, 0.717) is 12.5 Å². The summed E-state index contributed by atoms with van der Waals surface area (Å²) in [6.07, 6.45) is 6.70. The Morgan fingerprint density at radius 3 is 2.94 bits per heavy atom. The Balaban J connectivity index is 1.87. The van der Waals surface area contributed by atoms with Crippen LogP contribution < -0.4 is 10.1 Å². The average Bonchev–Trinajstić information content (AvgIpc) is 2.39. The molecule has 0 amide bonds. The summed E-state index contributed by atoms with van der Waals surface area (Å²) in [5.41, 5.74) is 2.65. The summed E-state index contributed by atoms with van der Waals surface area (Å²) >= 11 is 0. The van der Waals surface area contributed by atoms with Gasteiger partial charge in [0.1, 0.15) is 12.4 Å². The molecule has 0 unspecified atom stereocenters. The number of nitrogens with one attached hydrogen (secondary N) is 1. The van der Waals surface area contributed by atoms with Crippen LogP contribution in [0.15, 0.2) is 24.3 Å². The predicted octanol–water partition coefficient (Wildman–Crippen LogP) is 2.56. The molecule has 1 saturated heterocycles. The number of fused-ring (bicyclic) bond motifs is 1. The van der Waals surface area contributed by atoms with Gasteiger partial charge in [-0.05, 0) is 49.6 Å². The van der Waals surface area contributed by atoms with Crippen LogP contribution in [0.1, 0.15) is 29.9 Å². The third-order valence-corrected chi connectivity index (χ3v) is 3.48. The maximum atomic E-state index is 5.65. The molecule has 0 aromatic heterocycles. The van der Waals surface area contributed by atoms with E-state index in [-0.39, 0.29) is 0 Å². The minimum atomic E-state index is 0.709. The lowest BCUT2D eigenvalue weighted by atomic mass is 9.89. The summed E-state index contributed by atoms with van der Waals surface area (Å²) < 4.78 is 5.65. The molecule has 1 fully saturated rings. The molecule has 1 N–H and O–H groups in total. The molecule has 0 saturated carbocycles. The highest BCUT2D eigenvalue weighted by molar-refractivity contribution is 5.60. The third kappa shape index (κ3) is 1.85. The highest BCUT2D eigenvalue weighted by atomic mass is 16.5. The molecular weight excluding hydrogens is 198 g/mol. The molecule has 2 aliphatic rings. The number of hydrogen-bond acceptors (Lipinski definition) is 2. The van der Waals surface area contributed by atoms with Gasteiger partial charge in [0.05, 0.1) is 0 Å². The highest BCUT2D eigenvalue weighted by Crippen LogP contribution is 2.31. The SMILES string of the molecule is C1=Cc2ccc(C3CCNCC3)cc2OC1. The lowest BCUT2D eigenvalue weighted by Crippen LogP contribution is -2.26. The van der Waals surface area contributed by atoms with E-state index in [1.807, 2.05) is 0 Å². The molecule has 1 aromatic carbocycles. The van der Waals surface area contributed by atoms with Crippen LogP contribution in [-0.4, -0.2) is 19.7 Å². The molecule has 2 nitrogen and oxygen atoms in total. The Bertz CT molecular complexity index is 405. The Kier molecular flexibility index (Phi) is 2.66. The van der Waals surface area contributed by atoms with Crippen molar-refractivity contribution in [2.75, 3.05) is 19.7 Å². The average molecular weight is 215 g/mol. The van der Waals surface area contributed by atoms with Crippen LogP contribution in [0.25, 0.3) is 6.08 Å². The van der Waals surface area contributed by atoms with Crippen LogP contribution >= 0.6 is 0 Å². The van der Waals surface area contributed by atoms with Crippen molar-refractivity contribution in [1.82, 2.24) is 5.32 Å². The smallest absolute Gasteiger partial charge is 0.127 e. The second-order valence-corrected chi connectivity index (χ2v) is 4.53. The first kappa shape index (κ1) is 9.91. The van der Waals surface area contributed by atoms with Crippen LogP contribution in [-0.2, 0) is 0 Å². The maximum absolute atomic E-state index is 5.65. The van der Waals surface area contributed by atoms with Gasteiger partial charge in [-0.2, -0.15) is 0 Å². The van der Waals surface area contributed by atoms with Crippen molar-refractivity contribution in [3.8, 4) is 5.75 Å². The lowest BCUT2D eigenvalue weighted by Gasteiger charge is -2.24. The van der Waals surface area contributed by atoms with Gasteiger partial charge in [-0.1, -0.05) is 18.2 Å². The summed E-state index contributed by atoms with van der Waals surface area (Å²) in [7, 11) is 0. The van der Waals surface area contributed by atoms with Crippen molar-refractivity contribution in [2.45, 2.75) is 18.8 Å². The van der Waals surface area contributed by atoms with Crippen LogP contribution in [0.3, 0.4) is 0 Å². The highest BCUT2D eigenvalue weighted by Gasteiger charge is 2.16. The molecule has 16 heavy (non-hydrogen) atoms. The van der Waals surface area contributed by atoms with E-state index in [0.717, 1.165) is 18.8 Å². The van der Waals surface area contributed by atoms with E-state index < -0.39 is 0 Å². The largest absolute Gasteiger partial charge is 0.489 e. The quantitative estimate of drug-likeness (QED) is 0.777. The van der Waals surface area contributed by atoms with Gasteiger partial charge >= 0.3 is 0 Å². The molecule has 0 radical (unpaired) electrons. The van der Waals surface area contributed by atoms with E-state index >= 15 is 0 Å². The van der Waals surface area contributed by atoms with Gasteiger partial charge in [-0.3, -0.25) is 0 Å². The topological polar surface area (TPSA) is 21.3 Å². The van der Waals surface area contributed by atoms with E-state index in [1.54, 1.807) is 0 Å². The fourth-order valence-corrected chi connectivity index (χ4v) is 2.54. The standard InChI is InChI=1S/C14H17NO/c1-2-12-3-4-13(10-14(12)16-9-1)11-5-7-15-8-6-11/h1-4,10-11,15H,5-9H2. The first-order valence-corrected chi connectivity index (χ1v) is 6.07. The van der Waals surface area contributed by atoms with Crippen LogP contribution in [0, 0.1) is 0 Å². The third-order valence-electron chi connectivity index (χ3n) is 3.48. The summed E-state index contributed by atoms with van der Waals surface area (Å²) in [5, 5.41) is 3.40. The fraction of sp³-hybridized carbons (Fsp3) is 0.429. The second-order valence-electron chi connectivity index (χ2n) is 4.53. The minimum absolute atomic E-state index is 0.709. The van der Waals surface area contributed by atoms with Gasteiger partial charge in [-0.25, -0.2) is 0 Å². The van der Waals surface area contributed by atoms with Gasteiger partial charge in [0.25, 0.3) is 0 Å². The zero-order valence-corrected chi connectivity index (χ0v) is 9.41. The van der Waals surface area contributed by atoms with E-state index in [2.05, 4.69) is 35.7 Å². The predicted molar refractivity (Wildman–Crippen MR) is 65.8 cm³/mol. The van der Waals surface area contributed by atoms with Gasteiger partial charge in [-0.15, -0.1) is 0 Å². The number of rotatable bonds is 1. The number of piperidine rings is 1. The molecule has 84 valence electrons. The van der Waals surface area contributed by atoms with Crippen LogP contribution in [0.2, 0.25) is 0 Å². The minimum Gasteiger partial charge on any atom is -0.489 e. The number of hydrogen-bond donors (Lipinski definition) is 1. The monoisotopic (exact) mass is 215 g/mol. The summed E-state index contributed by atoms with van der Waals surface area (Å²) in [5.74, 6) is 1.76. The zero-order chi connectivity index (χ0) is 10.8. The normalized spacial score (nSPS) is 20.2. The molecule has 2 aliphatic heterocycles. The first-order chi connectivity index (χ1) is 7.93. The molecule has 2 heterocycles. The number of benzene rings is 1. The van der Waals surface area contributed by atoms with Gasteiger partial charge in [0, 0.05) is 5.56 Å². The van der Waals surface area contributed by atoms with Crippen LogP contribution in [0.4, 0.5) is 0 Å². The van der Waals surface area contributed by atoms with E-state index in [9.17, 15) is 0 Å². The molecule has 0 aliphatic carbocycles. The van der Waals surface area contributed by atoms with Crippen molar-refractivity contribution < 1.29 is 4.74 Å². The van der Waals surface area contributed by atoms with Crippen molar-refractivity contribution in [3.63, 3.8) is 0 Å². The second kappa shape index (κ2) is 4.30. The maximum Gasteiger partial charge on any atom is 0.127 e. The Morgan fingerprint density at radius 2 is 2.06 bits per heavy atom. The van der Waals surface area contributed by atoms with Gasteiger partial charge < -0.3 is 10.1 Å². The van der Waals surface area contributed by atoms with Gasteiger partial charge in [0.2, 0.25) is 0 Å². The van der Waals surface area contributed by atoms with Crippen LogP contribution in [0.5, 0.6) is 5.75 Å². The van der Waals surface area contributed by atoms with Crippen molar-refractivity contribution in [1.29, 1.82) is 0 Å². The van der Waals surface area contributed by atoms with E-state index in [1.165, 1.54) is 24.0 Å². The lowest BCUT2D eigenvalue weighted by molar-refractivity contribution is 0.357. The molecule has 1 aromatic rings. The summed E-state index contributed by atoms with van der Waals surface area (Å²) in [6, 6.07) is 6.67. The fourth-order valence-electron chi connectivity index (χ4n) is 2.54. The number of ether oxygens (including phenoxy) is 1. The van der Waals surface area contributed by atoms with Gasteiger partial charge in [0.15, 0.2) is 0 Å². The van der Waals surface area contributed by atoms with Crippen molar-refractivity contribution in [2.24, 2.45) is 0 Å². The molecule has 0 atom stereocenters.